The van der Waals surface area contributed by atoms with Crippen LogP contribution >= 0.6 is 0 Å². The van der Waals surface area contributed by atoms with Crippen LogP contribution in [0.25, 0.3) is 10.9 Å². The summed E-state index contributed by atoms with van der Waals surface area (Å²) in [6.07, 6.45) is -3.91. The second-order valence-electron chi connectivity index (χ2n) is 4.37. The van der Waals surface area contributed by atoms with E-state index in [1.807, 2.05) is 0 Å². The SMILES string of the molecule is Oc1ccc(C(F)(F)F)c2ncc(C3OCCO3)cc12. The average molecular weight is 285 g/mol. The summed E-state index contributed by atoms with van der Waals surface area (Å²) in [6, 6.07) is 3.22. The summed E-state index contributed by atoms with van der Waals surface area (Å²) >= 11 is 0. The van der Waals surface area contributed by atoms with Crippen molar-refractivity contribution >= 4 is 10.9 Å². The number of phenolic OH excluding ortho intramolecular Hbond substituents is 1. The van der Waals surface area contributed by atoms with Crippen molar-refractivity contribution in [3.63, 3.8) is 0 Å². The van der Waals surface area contributed by atoms with E-state index in [2.05, 4.69) is 4.98 Å². The number of hydrogen-bond donors (Lipinski definition) is 1. The summed E-state index contributed by atoms with van der Waals surface area (Å²) in [7, 11) is 0. The number of halogens is 3. The Morgan fingerprint density at radius 3 is 2.55 bits per heavy atom. The highest BCUT2D eigenvalue weighted by Gasteiger charge is 2.34. The van der Waals surface area contributed by atoms with Gasteiger partial charge in [-0.3, -0.25) is 4.98 Å². The summed E-state index contributed by atoms with van der Waals surface area (Å²) in [5.74, 6) is -0.264. The summed E-state index contributed by atoms with van der Waals surface area (Å²) in [5.41, 5.74) is -0.700. The van der Waals surface area contributed by atoms with Gasteiger partial charge in [-0.1, -0.05) is 0 Å². The number of pyridine rings is 1. The molecule has 0 saturated carbocycles. The molecule has 0 aliphatic carbocycles. The number of hydrogen-bond acceptors (Lipinski definition) is 4. The minimum atomic E-state index is -4.53. The standard InChI is InChI=1S/C13H10F3NO3/c14-13(15,16)9-1-2-10(18)8-5-7(6-17-11(8)9)12-19-3-4-20-12/h1-2,5-6,12,18H,3-4H2. The molecule has 1 saturated heterocycles. The quantitative estimate of drug-likeness (QED) is 0.875. The molecule has 7 heteroatoms. The molecule has 1 aromatic heterocycles. The first-order valence-electron chi connectivity index (χ1n) is 5.89. The maximum Gasteiger partial charge on any atom is 0.418 e. The fraction of sp³-hybridized carbons (Fsp3) is 0.308. The van der Waals surface area contributed by atoms with Crippen molar-refractivity contribution < 1.29 is 27.8 Å². The van der Waals surface area contributed by atoms with Crippen LogP contribution in [0.5, 0.6) is 5.75 Å². The first-order chi connectivity index (χ1) is 9.47. The minimum Gasteiger partial charge on any atom is -0.507 e. The van der Waals surface area contributed by atoms with Gasteiger partial charge in [0.05, 0.1) is 24.3 Å². The summed E-state index contributed by atoms with van der Waals surface area (Å²) in [4.78, 5) is 3.81. The van der Waals surface area contributed by atoms with Crippen LogP contribution in [0.1, 0.15) is 17.4 Å². The van der Waals surface area contributed by atoms with Crippen molar-refractivity contribution in [3.05, 3.63) is 35.5 Å². The zero-order valence-corrected chi connectivity index (χ0v) is 10.1. The molecule has 1 fully saturated rings. The zero-order valence-electron chi connectivity index (χ0n) is 10.1. The number of fused-ring (bicyclic) bond motifs is 1. The Labute approximate surface area is 111 Å². The van der Waals surface area contributed by atoms with Crippen LogP contribution in [0.4, 0.5) is 13.2 Å². The molecule has 0 unspecified atom stereocenters. The molecule has 0 bridgehead atoms. The van der Waals surface area contributed by atoms with E-state index in [9.17, 15) is 18.3 Å². The molecular weight excluding hydrogens is 275 g/mol. The molecule has 0 amide bonds. The molecule has 0 atom stereocenters. The van der Waals surface area contributed by atoms with Gasteiger partial charge in [-0.15, -0.1) is 0 Å². The van der Waals surface area contributed by atoms with Crippen molar-refractivity contribution in [1.29, 1.82) is 0 Å². The lowest BCUT2D eigenvalue weighted by atomic mass is 10.1. The van der Waals surface area contributed by atoms with Gasteiger partial charge >= 0.3 is 6.18 Å². The molecule has 0 radical (unpaired) electrons. The van der Waals surface area contributed by atoms with Crippen LogP contribution in [0.15, 0.2) is 24.4 Å². The van der Waals surface area contributed by atoms with Crippen LogP contribution in [0.3, 0.4) is 0 Å². The predicted molar refractivity (Wildman–Crippen MR) is 63.1 cm³/mol. The minimum absolute atomic E-state index is 0.0245. The summed E-state index contributed by atoms with van der Waals surface area (Å²) < 4.78 is 49.2. The van der Waals surface area contributed by atoms with Crippen LogP contribution < -0.4 is 0 Å². The summed E-state index contributed by atoms with van der Waals surface area (Å²) in [6.45, 7) is 0.828. The largest absolute Gasteiger partial charge is 0.507 e. The molecule has 2 aromatic rings. The van der Waals surface area contributed by atoms with E-state index in [-0.39, 0.29) is 16.7 Å². The highest BCUT2D eigenvalue weighted by molar-refractivity contribution is 5.88. The van der Waals surface area contributed by atoms with E-state index in [1.165, 1.54) is 12.3 Å². The monoisotopic (exact) mass is 285 g/mol. The van der Waals surface area contributed by atoms with Gasteiger partial charge in [0.15, 0.2) is 6.29 Å². The Morgan fingerprint density at radius 2 is 1.90 bits per heavy atom. The van der Waals surface area contributed by atoms with E-state index >= 15 is 0 Å². The van der Waals surface area contributed by atoms with E-state index in [0.29, 0.717) is 18.8 Å². The number of phenols is 1. The average Bonchev–Trinajstić information content (AvgIpc) is 2.91. The molecule has 4 nitrogen and oxygen atoms in total. The molecule has 3 rings (SSSR count). The Balaban J connectivity index is 2.16. The molecular formula is C13H10F3NO3. The second-order valence-corrected chi connectivity index (χ2v) is 4.37. The first-order valence-corrected chi connectivity index (χ1v) is 5.89. The molecule has 106 valence electrons. The first kappa shape index (κ1) is 13.1. The number of aromatic nitrogens is 1. The number of alkyl halides is 3. The highest BCUT2D eigenvalue weighted by atomic mass is 19.4. The van der Waals surface area contributed by atoms with Crippen LogP contribution in [0.2, 0.25) is 0 Å². The molecule has 1 aromatic carbocycles. The Morgan fingerprint density at radius 1 is 1.20 bits per heavy atom. The van der Waals surface area contributed by atoms with Gasteiger partial charge in [0, 0.05) is 17.1 Å². The van der Waals surface area contributed by atoms with Crippen molar-refractivity contribution in [2.24, 2.45) is 0 Å². The van der Waals surface area contributed by atoms with E-state index in [0.717, 1.165) is 12.1 Å². The van der Waals surface area contributed by atoms with Gasteiger partial charge in [-0.05, 0) is 18.2 Å². The highest BCUT2D eigenvalue weighted by Crippen LogP contribution is 2.38. The van der Waals surface area contributed by atoms with Crippen molar-refractivity contribution in [3.8, 4) is 5.75 Å². The molecule has 1 N–H and O–H groups in total. The molecule has 20 heavy (non-hydrogen) atoms. The maximum atomic E-state index is 12.9. The third-order valence-electron chi connectivity index (χ3n) is 3.05. The van der Waals surface area contributed by atoms with Gasteiger partial charge in [0.25, 0.3) is 0 Å². The summed E-state index contributed by atoms with van der Waals surface area (Å²) in [5, 5.41) is 9.76. The molecule has 2 heterocycles. The molecule has 1 aliphatic heterocycles. The number of aromatic hydroxyl groups is 1. The number of rotatable bonds is 1. The predicted octanol–water partition coefficient (Wildman–Crippen LogP) is 3.00. The van der Waals surface area contributed by atoms with E-state index in [1.54, 1.807) is 0 Å². The van der Waals surface area contributed by atoms with Gasteiger partial charge < -0.3 is 14.6 Å². The smallest absolute Gasteiger partial charge is 0.418 e. The molecule has 1 aliphatic rings. The number of ether oxygens (including phenoxy) is 2. The van der Waals surface area contributed by atoms with Gasteiger partial charge in [-0.2, -0.15) is 13.2 Å². The lowest BCUT2D eigenvalue weighted by Crippen LogP contribution is -2.07. The van der Waals surface area contributed by atoms with E-state index in [4.69, 9.17) is 9.47 Å². The fourth-order valence-electron chi connectivity index (χ4n) is 2.13. The Bertz CT molecular complexity index is 651. The number of nitrogens with zero attached hydrogens (tertiary/aromatic N) is 1. The van der Waals surface area contributed by atoms with Crippen molar-refractivity contribution in [1.82, 2.24) is 4.98 Å². The van der Waals surface area contributed by atoms with Gasteiger partial charge in [-0.25, -0.2) is 0 Å². The Hall–Kier alpha value is -1.86. The lowest BCUT2D eigenvalue weighted by Gasteiger charge is -2.13. The second kappa shape index (κ2) is 4.60. The normalized spacial score (nSPS) is 16.9. The van der Waals surface area contributed by atoms with Crippen molar-refractivity contribution in [2.45, 2.75) is 12.5 Å². The van der Waals surface area contributed by atoms with Gasteiger partial charge in [0.2, 0.25) is 0 Å². The van der Waals surface area contributed by atoms with Gasteiger partial charge in [0.1, 0.15) is 5.75 Å². The number of benzene rings is 1. The third-order valence-corrected chi connectivity index (χ3v) is 3.05. The zero-order chi connectivity index (χ0) is 14.3. The van der Waals surface area contributed by atoms with Crippen LogP contribution in [-0.4, -0.2) is 23.3 Å². The topological polar surface area (TPSA) is 51.6 Å². The van der Waals surface area contributed by atoms with Crippen LogP contribution in [-0.2, 0) is 15.7 Å². The Kier molecular flexibility index (Phi) is 3.02. The van der Waals surface area contributed by atoms with E-state index < -0.39 is 18.0 Å². The fourth-order valence-corrected chi connectivity index (χ4v) is 2.13. The van der Waals surface area contributed by atoms with Crippen LogP contribution in [0, 0.1) is 0 Å². The van der Waals surface area contributed by atoms with Crippen molar-refractivity contribution in [2.75, 3.05) is 13.2 Å². The molecule has 0 spiro atoms. The third kappa shape index (κ3) is 2.19. The maximum absolute atomic E-state index is 12.9. The lowest BCUT2D eigenvalue weighted by molar-refractivity contribution is -0.136.